The number of amides is 2. The minimum absolute atomic E-state index is 0.145. The summed E-state index contributed by atoms with van der Waals surface area (Å²) in [5.74, 6) is 2.75. The van der Waals surface area contributed by atoms with Gasteiger partial charge in [0, 0.05) is 37.8 Å². The number of hydrogen-bond acceptors (Lipinski definition) is 8. The highest BCUT2D eigenvalue weighted by molar-refractivity contribution is 6.04. The fourth-order valence-corrected chi connectivity index (χ4v) is 5.99. The molecule has 11 nitrogen and oxygen atoms in total. The molecule has 3 aromatic rings. The van der Waals surface area contributed by atoms with Crippen molar-refractivity contribution in [2.75, 3.05) is 45.7 Å². The van der Waals surface area contributed by atoms with Gasteiger partial charge in [-0.1, -0.05) is 45.0 Å². The summed E-state index contributed by atoms with van der Waals surface area (Å²) in [6, 6.07) is 11.6. The van der Waals surface area contributed by atoms with Gasteiger partial charge in [-0.05, 0) is 75.0 Å². The monoisotopic (exact) mass is 601 g/mol. The molecule has 2 amide bonds. The molecule has 0 bridgehead atoms. The number of pyridine rings is 1. The van der Waals surface area contributed by atoms with Crippen LogP contribution in [-0.4, -0.2) is 72.1 Å². The van der Waals surface area contributed by atoms with Gasteiger partial charge in [-0.15, -0.1) is 10.2 Å². The molecule has 0 saturated carbocycles. The Bertz CT molecular complexity index is 1510. The van der Waals surface area contributed by atoms with E-state index in [1.807, 2.05) is 55.6 Å². The molecule has 44 heavy (non-hydrogen) atoms. The van der Waals surface area contributed by atoms with E-state index in [0.29, 0.717) is 17.5 Å². The van der Waals surface area contributed by atoms with Gasteiger partial charge in [0.1, 0.15) is 17.7 Å². The molecule has 2 aromatic heterocycles. The van der Waals surface area contributed by atoms with E-state index in [0.717, 1.165) is 73.8 Å². The van der Waals surface area contributed by atoms with Crippen LogP contribution in [0.3, 0.4) is 0 Å². The summed E-state index contributed by atoms with van der Waals surface area (Å²) in [6.07, 6.45) is 7.33. The van der Waals surface area contributed by atoms with Crippen LogP contribution in [-0.2, 0) is 0 Å². The molecule has 11 heteroatoms. The molecule has 1 saturated heterocycles. The molecule has 3 heterocycles. The van der Waals surface area contributed by atoms with Gasteiger partial charge in [-0.3, -0.25) is 14.7 Å². The first-order valence-electron chi connectivity index (χ1n) is 15.5. The lowest BCUT2D eigenvalue weighted by atomic mass is 9.85. The van der Waals surface area contributed by atoms with Crippen LogP contribution in [0, 0.1) is 11.3 Å². The number of allylic oxidation sites excluding steroid dienone is 1. The SMILES string of the molecule is CN=C(C=C(N)C(C)(C)C)NC(=O)N[C@H]1CC[C@@H](Oc2ccc3nnc(N4CCC(CN(C)C)CC4)n3c2)c2ccccc21. The lowest BCUT2D eigenvalue weighted by Crippen LogP contribution is -2.42. The minimum atomic E-state index is -0.320. The number of carbonyl (C=O) groups excluding carboxylic acids is 1. The maximum absolute atomic E-state index is 13.0. The highest BCUT2D eigenvalue weighted by atomic mass is 16.5. The molecular formula is C33H47N9O2. The third-order valence-electron chi connectivity index (χ3n) is 8.54. The van der Waals surface area contributed by atoms with Gasteiger partial charge in [-0.2, -0.15) is 0 Å². The van der Waals surface area contributed by atoms with Crippen molar-refractivity contribution in [3.63, 3.8) is 0 Å². The summed E-state index contributed by atoms with van der Waals surface area (Å²) in [5.41, 5.74) is 9.53. The molecule has 2 aliphatic rings. The number of carbonyl (C=O) groups is 1. The Kier molecular flexibility index (Phi) is 9.43. The maximum atomic E-state index is 13.0. The number of fused-ring (bicyclic) bond motifs is 2. The van der Waals surface area contributed by atoms with Gasteiger partial charge < -0.3 is 25.6 Å². The molecule has 1 aliphatic heterocycles. The predicted molar refractivity (Wildman–Crippen MR) is 175 cm³/mol. The van der Waals surface area contributed by atoms with Crippen LogP contribution in [0.25, 0.3) is 5.65 Å². The van der Waals surface area contributed by atoms with E-state index in [4.69, 9.17) is 10.5 Å². The zero-order chi connectivity index (χ0) is 31.4. The van der Waals surface area contributed by atoms with Crippen LogP contribution in [0.1, 0.15) is 69.7 Å². The molecule has 5 rings (SSSR count). The van der Waals surface area contributed by atoms with E-state index in [2.05, 4.69) is 61.9 Å². The van der Waals surface area contributed by atoms with E-state index in [9.17, 15) is 4.79 Å². The summed E-state index contributed by atoms with van der Waals surface area (Å²) in [6.45, 7) is 9.10. The number of rotatable bonds is 7. The first kappa shape index (κ1) is 31.3. The smallest absolute Gasteiger partial charge is 0.320 e. The Balaban J connectivity index is 1.27. The largest absolute Gasteiger partial charge is 0.484 e. The van der Waals surface area contributed by atoms with Crippen LogP contribution in [0.2, 0.25) is 0 Å². The molecule has 1 aliphatic carbocycles. The van der Waals surface area contributed by atoms with Crippen molar-refractivity contribution in [1.82, 2.24) is 30.1 Å². The van der Waals surface area contributed by atoms with Crippen molar-refractivity contribution >= 4 is 23.5 Å². The van der Waals surface area contributed by atoms with Crippen molar-refractivity contribution in [1.29, 1.82) is 0 Å². The van der Waals surface area contributed by atoms with Gasteiger partial charge in [0.15, 0.2) is 5.65 Å². The van der Waals surface area contributed by atoms with Gasteiger partial charge >= 0.3 is 6.03 Å². The second kappa shape index (κ2) is 13.3. The molecule has 0 radical (unpaired) electrons. The number of anilines is 1. The molecule has 4 N–H and O–H groups in total. The van der Waals surface area contributed by atoms with Gasteiger partial charge in [0.05, 0.1) is 12.2 Å². The standard InChI is InChI=1S/C33H47N9O2/c1-33(2,3)28(34)19-29(35-4)37-31(43)36-26-12-13-27(25-10-8-7-9-24(25)26)44-23-11-14-30-38-39-32(42(30)21-23)41-17-15-22(16-18-41)20-40(5)6/h7-11,14,19,21-22,26-27H,12-13,15-18,20,34H2,1-6H3,(H2,35,36,37,43)/t26-,27+/m0/s1. The summed E-state index contributed by atoms with van der Waals surface area (Å²) in [5, 5.41) is 14.9. The van der Waals surface area contributed by atoms with Crippen LogP contribution in [0.15, 0.2) is 59.4 Å². The Morgan fingerprint density at radius 1 is 1.09 bits per heavy atom. The Hall–Kier alpha value is -4.12. The van der Waals surface area contributed by atoms with E-state index in [1.165, 1.54) is 0 Å². The maximum Gasteiger partial charge on any atom is 0.320 e. The first-order chi connectivity index (χ1) is 21.0. The van der Waals surface area contributed by atoms with Crippen molar-refractivity contribution in [3.05, 3.63) is 65.5 Å². The van der Waals surface area contributed by atoms with E-state index in [-0.39, 0.29) is 23.6 Å². The molecule has 236 valence electrons. The number of ether oxygens (including phenoxy) is 1. The molecule has 0 unspecified atom stereocenters. The van der Waals surface area contributed by atoms with Gasteiger partial charge in [0.2, 0.25) is 5.95 Å². The molecule has 1 fully saturated rings. The lowest BCUT2D eigenvalue weighted by Gasteiger charge is -2.33. The quantitative estimate of drug-likeness (QED) is 0.265. The zero-order valence-electron chi connectivity index (χ0n) is 26.9. The number of nitrogens with one attached hydrogen (secondary N) is 2. The van der Waals surface area contributed by atoms with Crippen LogP contribution in [0.5, 0.6) is 5.75 Å². The number of nitrogens with two attached hydrogens (primary N) is 1. The number of urea groups is 1. The number of aromatic nitrogens is 3. The van der Waals surface area contributed by atoms with Crippen molar-refractivity contribution < 1.29 is 9.53 Å². The van der Waals surface area contributed by atoms with Crippen molar-refractivity contribution in [2.45, 2.75) is 58.6 Å². The minimum Gasteiger partial charge on any atom is -0.484 e. The predicted octanol–water partition coefficient (Wildman–Crippen LogP) is 4.68. The average Bonchev–Trinajstić information content (AvgIpc) is 3.41. The van der Waals surface area contributed by atoms with Crippen molar-refractivity contribution in [2.24, 2.45) is 22.1 Å². The Labute approximate surface area is 260 Å². The van der Waals surface area contributed by atoms with E-state index < -0.39 is 0 Å². The number of piperidine rings is 1. The number of aliphatic imine (C=N–C) groups is 1. The highest BCUT2D eigenvalue weighted by Crippen LogP contribution is 2.39. The van der Waals surface area contributed by atoms with E-state index in [1.54, 1.807) is 13.1 Å². The zero-order valence-corrected chi connectivity index (χ0v) is 26.9. The second-order valence-electron chi connectivity index (χ2n) is 13.2. The number of hydrogen-bond donors (Lipinski definition) is 3. The van der Waals surface area contributed by atoms with Gasteiger partial charge in [-0.25, -0.2) is 4.79 Å². The fraction of sp³-hybridized carbons (Fsp3) is 0.515. The summed E-state index contributed by atoms with van der Waals surface area (Å²) >= 11 is 0. The topological polar surface area (TPSA) is 125 Å². The number of amidine groups is 1. The molecule has 1 aromatic carbocycles. The Morgan fingerprint density at radius 2 is 1.82 bits per heavy atom. The lowest BCUT2D eigenvalue weighted by molar-refractivity contribution is 0.171. The van der Waals surface area contributed by atoms with Gasteiger partial charge in [0.25, 0.3) is 0 Å². The first-order valence-corrected chi connectivity index (χ1v) is 15.5. The highest BCUT2D eigenvalue weighted by Gasteiger charge is 2.30. The fourth-order valence-electron chi connectivity index (χ4n) is 5.99. The average molecular weight is 602 g/mol. The molecular weight excluding hydrogens is 554 g/mol. The normalized spacial score (nSPS) is 20.1. The summed E-state index contributed by atoms with van der Waals surface area (Å²) in [7, 11) is 5.91. The van der Waals surface area contributed by atoms with Crippen LogP contribution < -0.4 is 26.0 Å². The number of benzene rings is 1. The van der Waals surface area contributed by atoms with Crippen LogP contribution >= 0.6 is 0 Å². The van der Waals surface area contributed by atoms with Crippen molar-refractivity contribution in [3.8, 4) is 5.75 Å². The van der Waals surface area contributed by atoms with E-state index >= 15 is 0 Å². The molecule has 0 spiro atoms. The third-order valence-corrected chi connectivity index (χ3v) is 8.54. The molecule has 2 atom stereocenters. The Morgan fingerprint density at radius 3 is 2.50 bits per heavy atom. The number of nitrogens with zero attached hydrogens (tertiary/aromatic N) is 6. The third kappa shape index (κ3) is 7.32. The summed E-state index contributed by atoms with van der Waals surface area (Å²) in [4.78, 5) is 21.8. The second-order valence-corrected chi connectivity index (χ2v) is 13.2. The summed E-state index contributed by atoms with van der Waals surface area (Å²) < 4.78 is 8.64. The van der Waals surface area contributed by atoms with Crippen LogP contribution in [0.4, 0.5) is 10.7 Å².